The van der Waals surface area contributed by atoms with Crippen molar-refractivity contribution in [2.45, 2.75) is 38.0 Å². The molecule has 0 radical (unpaired) electrons. The second-order valence-electron chi connectivity index (χ2n) is 5.33. The van der Waals surface area contributed by atoms with Crippen LogP contribution in [-0.4, -0.2) is 13.0 Å². The highest BCUT2D eigenvalue weighted by Crippen LogP contribution is 2.38. The Morgan fingerprint density at radius 1 is 1.14 bits per heavy atom. The zero-order chi connectivity index (χ0) is 15.4. The summed E-state index contributed by atoms with van der Waals surface area (Å²) >= 11 is 0. The Hall–Kier alpha value is -1.52. The average Bonchev–Trinajstić information content (AvgIpc) is 2.49. The van der Waals surface area contributed by atoms with E-state index in [1.807, 2.05) is 6.08 Å². The first-order valence-electron chi connectivity index (χ1n) is 7.04. The molecule has 1 aliphatic carbocycles. The second-order valence-corrected chi connectivity index (χ2v) is 5.33. The predicted molar refractivity (Wildman–Crippen MR) is 72.8 cm³/mol. The van der Waals surface area contributed by atoms with E-state index >= 15 is 0 Å². The Labute approximate surface area is 121 Å². The van der Waals surface area contributed by atoms with Gasteiger partial charge in [0, 0.05) is 0 Å². The molecule has 0 aromatic heterocycles. The molecule has 0 aliphatic heterocycles. The van der Waals surface area contributed by atoms with Crippen LogP contribution in [0, 0.1) is 17.6 Å². The van der Waals surface area contributed by atoms with Crippen LogP contribution in [0.5, 0.6) is 5.75 Å². The number of ether oxygens (including phenoxy) is 1. The van der Waals surface area contributed by atoms with Gasteiger partial charge in [-0.25, -0.2) is 13.2 Å². The Morgan fingerprint density at radius 2 is 1.81 bits per heavy atom. The van der Waals surface area contributed by atoms with Gasteiger partial charge in [0.05, 0.1) is 0 Å². The fourth-order valence-electron chi connectivity index (χ4n) is 2.79. The van der Waals surface area contributed by atoms with E-state index < -0.39 is 30.4 Å². The Bertz CT molecular complexity index is 493. The molecule has 0 heterocycles. The molecular weight excluding hydrogens is 284 g/mol. The third-order valence-electron chi connectivity index (χ3n) is 3.99. The highest BCUT2D eigenvalue weighted by Gasteiger charge is 2.25. The van der Waals surface area contributed by atoms with Crippen molar-refractivity contribution in [3.05, 3.63) is 42.0 Å². The standard InChI is InChI=1S/C16H18F4O/c1-2-10-3-5-11(6-4-10)12-7-8-13(16(20)15(12)19)21-9-14(17)18/h2,7-8,10-11,14H,1,3-6,9H2. The molecule has 1 aromatic carbocycles. The number of benzene rings is 1. The van der Waals surface area contributed by atoms with E-state index in [9.17, 15) is 17.6 Å². The van der Waals surface area contributed by atoms with E-state index in [0.29, 0.717) is 11.5 Å². The SMILES string of the molecule is C=CC1CCC(c2ccc(OCC(F)F)c(F)c2F)CC1. The largest absolute Gasteiger partial charge is 0.484 e. The van der Waals surface area contributed by atoms with Crippen LogP contribution in [-0.2, 0) is 0 Å². The van der Waals surface area contributed by atoms with Crippen molar-refractivity contribution < 1.29 is 22.3 Å². The highest BCUT2D eigenvalue weighted by molar-refractivity contribution is 5.33. The van der Waals surface area contributed by atoms with Crippen LogP contribution in [0.1, 0.15) is 37.2 Å². The topological polar surface area (TPSA) is 9.23 Å². The number of hydrogen-bond acceptors (Lipinski definition) is 1. The van der Waals surface area contributed by atoms with Gasteiger partial charge in [-0.2, -0.15) is 4.39 Å². The van der Waals surface area contributed by atoms with E-state index in [-0.39, 0.29) is 5.92 Å². The van der Waals surface area contributed by atoms with Crippen molar-refractivity contribution in [3.63, 3.8) is 0 Å². The second kappa shape index (κ2) is 6.96. The number of rotatable bonds is 5. The maximum atomic E-state index is 14.1. The van der Waals surface area contributed by atoms with Gasteiger partial charge in [-0.15, -0.1) is 6.58 Å². The molecule has 0 N–H and O–H groups in total. The lowest BCUT2D eigenvalue weighted by atomic mass is 9.78. The van der Waals surface area contributed by atoms with Crippen molar-refractivity contribution in [1.82, 2.24) is 0 Å². The Morgan fingerprint density at radius 3 is 2.38 bits per heavy atom. The molecular formula is C16H18F4O. The lowest BCUT2D eigenvalue weighted by molar-refractivity contribution is 0.0794. The van der Waals surface area contributed by atoms with Crippen LogP contribution in [0.3, 0.4) is 0 Å². The molecule has 0 bridgehead atoms. The number of alkyl halides is 2. The number of halogens is 4. The normalized spacial score (nSPS) is 22.3. The molecule has 1 nitrogen and oxygen atoms in total. The summed E-state index contributed by atoms with van der Waals surface area (Å²) in [5.41, 5.74) is 0.305. The molecule has 1 saturated carbocycles. The van der Waals surface area contributed by atoms with Gasteiger partial charge in [0.1, 0.15) is 6.61 Å². The summed E-state index contributed by atoms with van der Waals surface area (Å²) < 4.78 is 56.6. The van der Waals surface area contributed by atoms with E-state index in [4.69, 9.17) is 0 Å². The van der Waals surface area contributed by atoms with Crippen LogP contribution in [0.4, 0.5) is 17.6 Å². The van der Waals surface area contributed by atoms with Crippen molar-refractivity contribution in [2.75, 3.05) is 6.61 Å². The predicted octanol–water partition coefficient (Wildman–Crippen LogP) is 5.07. The van der Waals surface area contributed by atoms with E-state index in [2.05, 4.69) is 11.3 Å². The van der Waals surface area contributed by atoms with Crippen LogP contribution in [0.2, 0.25) is 0 Å². The van der Waals surface area contributed by atoms with Gasteiger partial charge < -0.3 is 4.74 Å². The maximum Gasteiger partial charge on any atom is 0.272 e. The fourth-order valence-corrected chi connectivity index (χ4v) is 2.79. The van der Waals surface area contributed by atoms with Crippen molar-refractivity contribution in [1.29, 1.82) is 0 Å². The maximum absolute atomic E-state index is 14.1. The molecule has 0 amide bonds. The van der Waals surface area contributed by atoms with E-state index in [1.54, 1.807) is 0 Å². The molecule has 2 rings (SSSR count). The molecule has 0 unspecified atom stereocenters. The quantitative estimate of drug-likeness (QED) is 0.545. The molecule has 0 atom stereocenters. The van der Waals surface area contributed by atoms with Gasteiger partial charge in [-0.3, -0.25) is 0 Å². The summed E-state index contributed by atoms with van der Waals surface area (Å²) in [5, 5.41) is 0. The van der Waals surface area contributed by atoms with Crippen LogP contribution >= 0.6 is 0 Å². The summed E-state index contributed by atoms with van der Waals surface area (Å²) in [4.78, 5) is 0. The van der Waals surface area contributed by atoms with Crippen LogP contribution in [0.15, 0.2) is 24.8 Å². The minimum Gasteiger partial charge on any atom is -0.484 e. The van der Waals surface area contributed by atoms with Crippen molar-refractivity contribution >= 4 is 0 Å². The van der Waals surface area contributed by atoms with E-state index in [1.165, 1.54) is 12.1 Å². The fraction of sp³-hybridized carbons (Fsp3) is 0.500. The van der Waals surface area contributed by atoms with Gasteiger partial charge in [0.25, 0.3) is 6.43 Å². The van der Waals surface area contributed by atoms with Crippen molar-refractivity contribution in [2.24, 2.45) is 5.92 Å². The molecule has 116 valence electrons. The third kappa shape index (κ3) is 3.77. The molecule has 5 heteroatoms. The first-order valence-corrected chi connectivity index (χ1v) is 7.04. The van der Waals surface area contributed by atoms with Gasteiger partial charge in [-0.05, 0) is 49.1 Å². The van der Waals surface area contributed by atoms with Gasteiger partial charge >= 0.3 is 0 Å². The minimum absolute atomic E-state index is 0.0418. The van der Waals surface area contributed by atoms with Gasteiger partial charge in [0.2, 0.25) is 5.82 Å². The van der Waals surface area contributed by atoms with Crippen molar-refractivity contribution in [3.8, 4) is 5.75 Å². The summed E-state index contributed by atoms with van der Waals surface area (Å²) in [6.07, 6.45) is 2.52. The van der Waals surface area contributed by atoms with Crippen LogP contribution < -0.4 is 4.74 Å². The summed E-state index contributed by atoms with van der Waals surface area (Å²) in [6.45, 7) is 2.80. The smallest absolute Gasteiger partial charge is 0.272 e. The van der Waals surface area contributed by atoms with E-state index in [0.717, 1.165) is 25.7 Å². The van der Waals surface area contributed by atoms with Gasteiger partial charge in [0.15, 0.2) is 11.6 Å². The molecule has 1 aliphatic rings. The molecule has 1 aromatic rings. The summed E-state index contributed by atoms with van der Waals surface area (Å²) in [5.74, 6) is -2.23. The Balaban J connectivity index is 2.11. The average molecular weight is 302 g/mol. The third-order valence-corrected chi connectivity index (χ3v) is 3.99. The Kier molecular flexibility index (Phi) is 5.26. The lowest BCUT2D eigenvalue weighted by Crippen LogP contribution is -2.14. The summed E-state index contributed by atoms with van der Waals surface area (Å²) in [7, 11) is 0. The monoisotopic (exact) mass is 302 g/mol. The highest BCUT2D eigenvalue weighted by atomic mass is 19.3. The lowest BCUT2D eigenvalue weighted by Gasteiger charge is -2.27. The number of allylic oxidation sites excluding steroid dienone is 1. The zero-order valence-electron chi connectivity index (χ0n) is 11.6. The molecule has 1 fully saturated rings. The minimum atomic E-state index is -2.72. The molecule has 0 saturated heterocycles. The summed E-state index contributed by atoms with van der Waals surface area (Å²) in [6, 6.07) is 2.67. The molecule has 21 heavy (non-hydrogen) atoms. The first-order chi connectivity index (χ1) is 10.0. The molecule has 0 spiro atoms. The first kappa shape index (κ1) is 15.9. The number of hydrogen-bond donors (Lipinski definition) is 0. The van der Waals surface area contributed by atoms with Crippen LogP contribution in [0.25, 0.3) is 0 Å². The zero-order valence-corrected chi connectivity index (χ0v) is 11.6. The van der Waals surface area contributed by atoms with Gasteiger partial charge in [-0.1, -0.05) is 12.1 Å².